The van der Waals surface area contributed by atoms with Crippen molar-refractivity contribution in [3.63, 3.8) is 0 Å². The Bertz CT molecular complexity index is 369. The monoisotopic (exact) mass is 300 g/mol. The molecule has 2 unspecified atom stereocenters. The Morgan fingerprint density at radius 2 is 1.90 bits per heavy atom. The molecule has 3 N–H and O–H groups in total. The van der Waals surface area contributed by atoms with Gasteiger partial charge in [-0.15, -0.1) is 0 Å². The fourth-order valence-corrected chi connectivity index (χ4v) is 4.13. The number of carboxylic acid groups (broad SMARTS) is 1. The summed E-state index contributed by atoms with van der Waals surface area (Å²) in [7, 11) is 0. The van der Waals surface area contributed by atoms with Crippen molar-refractivity contribution in [1.29, 1.82) is 0 Å². The van der Waals surface area contributed by atoms with E-state index >= 15 is 0 Å². The highest BCUT2D eigenvalue weighted by Gasteiger charge is 2.42. The Balaban J connectivity index is 1.87. The first-order chi connectivity index (χ1) is 9.55. The number of nitrogens with one attached hydrogen (secondary N) is 2. The lowest BCUT2D eigenvalue weighted by Crippen LogP contribution is -2.57. The predicted octanol–water partition coefficient (Wildman–Crippen LogP) is 2.36. The maximum atomic E-state index is 12.1. The van der Waals surface area contributed by atoms with Gasteiger partial charge < -0.3 is 15.7 Å². The highest BCUT2D eigenvalue weighted by atomic mass is 32.2. The molecule has 0 aliphatic heterocycles. The zero-order chi connectivity index (χ0) is 14.6. The number of aliphatic carboxylic acids is 1. The summed E-state index contributed by atoms with van der Waals surface area (Å²) in [4.78, 5) is 23.5. The molecule has 114 valence electrons. The van der Waals surface area contributed by atoms with Gasteiger partial charge in [-0.3, -0.25) is 0 Å². The van der Waals surface area contributed by atoms with Crippen LogP contribution < -0.4 is 10.6 Å². The molecule has 2 fully saturated rings. The van der Waals surface area contributed by atoms with Crippen LogP contribution in [0.3, 0.4) is 0 Å². The van der Waals surface area contributed by atoms with Crippen LogP contribution in [0.2, 0.25) is 0 Å². The molecule has 0 spiro atoms. The molecule has 6 heteroatoms. The Hall–Kier alpha value is -0.910. The van der Waals surface area contributed by atoms with E-state index < -0.39 is 11.5 Å². The van der Waals surface area contributed by atoms with Crippen LogP contribution in [0.5, 0.6) is 0 Å². The van der Waals surface area contributed by atoms with Gasteiger partial charge in [0.1, 0.15) is 5.54 Å². The molecule has 0 bridgehead atoms. The van der Waals surface area contributed by atoms with E-state index in [9.17, 15) is 14.7 Å². The summed E-state index contributed by atoms with van der Waals surface area (Å²) in [5, 5.41) is 15.6. The maximum absolute atomic E-state index is 12.1. The smallest absolute Gasteiger partial charge is 0.329 e. The molecule has 0 aromatic rings. The second-order valence-corrected chi connectivity index (χ2v) is 7.05. The average Bonchev–Trinajstić information content (AvgIpc) is 2.88. The van der Waals surface area contributed by atoms with Gasteiger partial charge in [0.2, 0.25) is 0 Å². The van der Waals surface area contributed by atoms with Crippen molar-refractivity contribution in [2.45, 2.75) is 68.2 Å². The predicted molar refractivity (Wildman–Crippen MR) is 80.1 cm³/mol. The molecule has 2 amide bonds. The van der Waals surface area contributed by atoms with Crippen molar-refractivity contribution in [2.75, 3.05) is 6.26 Å². The number of carbonyl (C=O) groups excluding carboxylic acids is 1. The van der Waals surface area contributed by atoms with E-state index in [4.69, 9.17) is 0 Å². The van der Waals surface area contributed by atoms with Gasteiger partial charge in [0.05, 0.1) is 0 Å². The largest absolute Gasteiger partial charge is 0.480 e. The van der Waals surface area contributed by atoms with Crippen LogP contribution in [0, 0.1) is 0 Å². The van der Waals surface area contributed by atoms with E-state index in [2.05, 4.69) is 16.9 Å². The molecule has 0 aromatic carbocycles. The molecule has 20 heavy (non-hydrogen) atoms. The summed E-state index contributed by atoms with van der Waals surface area (Å²) in [6.45, 7) is 0. The van der Waals surface area contributed by atoms with Gasteiger partial charge in [-0.05, 0) is 38.4 Å². The Morgan fingerprint density at radius 1 is 1.20 bits per heavy atom. The van der Waals surface area contributed by atoms with Crippen LogP contribution in [-0.4, -0.2) is 40.2 Å². The molecule has 0 heterocycles. The fourth-order valence-electron chi connectivity index (χ4n) is 3.30. The lowest BCUT2D eigenvalue weighted by molar-refractivity contribution is -0.144. The molecular formula is C14H24N2O3S. The first-order valence-corrected chi connectivity index (χ1v) is 8.69. The summed E-state index contributed by atoms with van der Waals surface area (Å²) in [6.07, 6.45) is 9.21. The standard InChI is InChI=1S/C14H24N2O3S/c1-20-11-6-4-5-10(9-11)15-13(19)16-14(12(17)18)7-2-3-8-14/h10-11H,2-9H2,1H3,(H,17,18)(H2,15,16,19). The summed E-state index contributed by atoms with van der Waals surface area (Å²) < 4.78 is 0. The second-order valence-electron chi connectivity index (χ2n) is 5.91. The first-order valence-electron chi connectivity index (χ1n) is 7.40. The molecule has 0 saturated heterocycles. The molecule has 2 atom stereocenters. The van der Waals surface area contributed by atoms with E-state index in [1.807, 2.05) is 11.8 Å². The molecule has 0 radical (unpaired) electrons. The van der Waals surface area contributed by atoms with Crippen LogP contribution in [0.4, 0.5) is 4.79 Å². The number of carboxylic acids is 1. The van der Waals surface area contributed by atoms with Crippen LogP contribution in [0.25, 0.3) is 0 Å². The number of thioether (sulfide) groups is 1. The zero-order valence-electron chi connectivity index (χ0n) is 12.0. The van der Waals surface area contributed by atoms with E-state index in [0.717, 1.165) is 32.1 Å². The third-order valence-corrected chi connectivity index (χ3v) is 5.61. The van der Waals surface area contributed by atoms with E-state index in [0.29, 0.717) is 18.1 Å². The Kier molecular flexibility index (Phi) is 5.18. The van der Waals surface area contributed by atoms with Gasteiger partial charge in [-0.2, -0.15) is 11.8 Å². The average molecular weight is 300 g/mol. The number of hydrogen-bond donors (Lipinski definition) is 3. The quantitative estimate of drug-likeness (QED) is 0.745. The van der Waals surface area contributed by atoms with E-state index in [1.165, 1.54) is 6.42 Å². The van der Waals surface area contributed by atoms with Crippen molar-refractivity contribution < 1.29 is 14.7 Å². The molecule has 2 aliphatic rings. The van der Waals surface area contributed by atoms with Crippen LogP contribution in [0.1, 0.15) is 51.4 Å². The molecule has 2 aliphatic carbocycles. The molecular weight excluding hydrogens is 276 g/mol. The molecule has 2 rings (SSSR count). The first kappa shape index (κ1) is 15.5. The van der Waals surface area contributed by atoms with Crippen molar-refractivity contribution in [2.24, 2.45) is 0 Å². The van der Waals surface area contributed by atoms with Gasteiger partial charge in [-0.1, -0.05) is 19.3 Å². The molecule has 0 aromatic heterocycles. The van der Waals surface area contributed by atoms with E-state index in [1.54, 1.807) is 0 Å². The zero-order valence-corrected chi connectivity index (χ0v) is 12.8. The van der Waals surface area contributed by atoms with E-state index in [-0.39, 0.29) is 12.1 Å². The highest BCUT2D eigenvalue weighted by molar-refractivity contribution is 7.99. The third kappa shape index (κ3) is 3.59. The highest BCUT2D eigenvalue weighted by Crippen LogP contribution is 2.30. The number of carbonyl (C=O) groups is 2. The SMILES string of the molecule is CSC1CCCC(NC(=O)NC2(C(=O)O)CCCC2)C1. The third-order valence-electron chi connectivity index (χ3n) is 4.51. The lowest BCUT2D eigenvalue weighted by atomic mass is 9.95. The summed E-state index contributed by atoms with van der Waals surface area (Å²) in [5.74, 6) is -0.907. The number of hydrogen-bond acceptors (Lipinski definition) is 3. The van der Waals surface area contributed by atoms with Gasteiger partial charge in [0.15, 0.2) is 0 Å². The van der Waals surface area contributed by atoms with Gasteiger partial charge in [0.25, 0.3) is 0 Å². The van der Waals surface area contributed by atoms with Crippen LogP contribution in [-0.2, 0) is 4.79 Å². The Morgan fingerprint density at radius 3 is 2.50 bits per heavy atom. The summed E-state index contributed by atoms with van der Waals surface area (Å²) in [5.41, 5.74) is -1.04. The number of rotatable bonds is 4. The summed E-state index contributed by atoms with van der Waals surface area (Å²) in [6, 6.07) is -0.144. The lowest BCUT2D eigenvalue weighted by Gasteiger charge is -2.31. The van der Waals surface area contributed by atoms with Crippen molar-refractivity contribution in [1.82, 2.24) is 10.6 Å². The Labute approximate surface area is 124 Å². The minimum absolute atomic E-state index is 0.174. The van der Waals surface area contributed by atoms with Gasteiger partial charge in [0, 0.05) is 11.3 Å². The fraction of sp³-hybridized carbons (Fsp3) is 0.857. The van der Waals surface area contributed by atoms with Crippen molar-refractivity contribution in [3.05, 3.63) is 0 Å². The topological polar surface area (TPSA) is 78.4 Å². The van der Waals surface area contributed by atoms with Crippen LogP contribution in [0.15, 0.2) is 0 Å². The van der Waals surface area contributed by atoms with Gasteiger partial charge in [-0.25, -0.2) is 9.59 Å². The van der Waals surface area contributed by atoms with Gasteiger partial charge >= 0.3 is 12.0 Å². The van der Waals surface area contributed by atoms with Crippen molar-refractivity contribution in [3.8, 4) is 0 Å². The minimum Gasteiger partial charge on any atom is -0.480 e. The molecule has 5 nitrogen and oxygen atoms in total. The van der Waals surface area contributed by atoms with Crippen molar-refractivity contribution >= 4 is 23.8 Å². The van der Waals surface area contributed by atoms with Crippen LogP contribution >= 0.6 is 11.8 Å². The second kappa shape index (κ2) is 6.70. The normalized spacial score (nSPS) is 28.9. The summed E-state index contributed by atoms with van der Waals surface area (Å²) >= 11 is 1.85. The number of urea groups is 1. The molecule has 2 saturated carbocycles. The maximum Gasteiger partial charge on any atom is 0.329 e. The minimum atomic E-state index is -1.04. The number of amides is 2.